The van der Waals surface area contributed by atoms with Crippen LogP contribution in [0.2, 0.25) is 0 Å². The zero-order valence-electron chi connectivity index (χ0n) is 10.6. The second-order valence-electron chi connectivity index (χ2n) is 4.14. The number of phenols is 1. The van der Waals surface area contributed by atoms with Crippen molar-refractivity contribution in [1.29, 1.82) is 5.26 Å². The van der Waals surface area contributed by atoms with Gasteiger partial charge in [-0.3, -0.25) is 0 Å². The fraction of sp³-hybridized carbons (Fsp3) is 0.133. The van der Waals surface area contributed by atoms with Gasteiger partial charge in [-0.05, 0) is 42.0 Å². The summed E-state index contributed by atoms with van der Waals surface area (Å²) in [6.07, 6.45) is 0. The molecule has 0 heterocycles. The predicted octanol–water partition coefficient (Wildman–Crippen LogP) is 3.05. The molecule has 0 atom stereocenters. The first-order chi connectivity index (χ1) is 9.67. The summed E-state index contributed by atoms with van der Waals surface area (Å²) in [7, 11) is 0. The zero-order chi connectivity index (χ0) is 14.4. The third-order valence-electron chi connectivity index (χ3n) is 2.60. The van der Waals surface area contributed by atoms with Crippen molar-refractivity contribution in [2.45, 2.75) is 6.54 Å². The maximum atomic E-state index is 13.1. The van der Waals surface area contributed by atoms with E-state index in [1.54, 1.807) is 24.3 Å². The molecule has 5 heteroatoms. The van der Waals surface area contributed by atoms with Crippen LogP contribution in [0.1, 0.15) is 5.56 Å². The fourth-order valence-corrected chi connectivity index (χ4v) is 1.72. The molecule has 20 heavy (non-hydrogen) atoms. The molecule has 0 fully saturated rings. The molecule has 4 nitrogen and oxygen atoms in total. The summed E-state index contributed by atoms with van der Waals surface area (Å²) in [5.41, 5.74) is 1.48. The summed E-state index contributed by atoms with van der Waals surface area (Å²) in [4.78, 5) is 0. The lowest BCUT2D eigenvalue weighted by Gasteiger charge is -2.08. The standard InChI is InChI=1S/C15H13FN2O2/c16-12-7-11(8-14(19)9-12)10-18-13-1-3-15(4-2-13)20-6-5-17/h1-4,7-9,18-19H,6,10H2. The third-order valence-corrected chi connectivity index (χ3v) is 2.60. The normalized spacial score (nSPS) is 9.80. The van der Waals surface area contributed by atoms with Gasteiger partial charge in [0.2, 0.25) is 0 Å². The molecule has 0 saturated carbocycles. The average Bonchev–Trinajstić information content (AvgIpc) is 2.43. The Labute approximate surface area is 116 Å². The first-order valence-corrected chi connectivity index (χ1v) is 5.99. The zero-order valence-corrected chi connectivity index (χ0v) is 10.6. The molecule has 2 N–H and O–H groups in total. The lowest BCUT2D eigenvalue weighted by molar-refractivity contribution is 0.368. The third kappa shape index (κ3) is 3.89. The van der Waals surface area contributed by atoms with E-state index in [2.05, 4.69) is 5.32 Å². The molecule has 0 aliphatic rings. The van der Waals surface area contributed by atoms with Gasteiger partial charge in [0.25, 0.3) is 0 Å². The van der Waals surface area contributed by atoms with E-state index in [1.165, 1.54) is 12.1 Å². The van der Waals surface area contributed by atoms with Gasteiger partial charge in [-0.2, -0.15) is 5.26 Å². The summed E-state index contributed by atoms with van der Waals surface area (Å²) in [5, 5.41) is 20.8. The molecule has 2 aromatic carbocycles. The lowest BCUT2D eigenvalue weighted by atomic mass is 10.2. The van der Waals surface area contributed by atoms with Crippen molar-refractivity contribution in [2.75, 3.05) is 11.9 Å². The van der Waals surface area contributed by atoms with E-state index < -0.39 is 5.82 Å². The number of halogens is 1. The minimum atomic E-state index is -0.470. The number of phenolic OH excluding ortho intramolecular Hbond substituents is 1. The van der Waals surface area contributed by atoms with Crippen LogP contribution in [0.4, 0.5) is 10.1 Å². The Morgan fingerprint density at radius 3 is 2.60 bits per heavy atom. The molecule has 0 bridgehead atoms. The summed E-state index contributed by atoms with van der Waals surface area (Å²) >= 11 is 0. The molecule has 0 saturated heterocycles. The van der Waals surface area contributed by atoms with Crippen molar-refractivity contribution in [3.8, 4) is 17.6 Å². The first-order valence-electron chi connectivity index (χ1n) is 5.99. The van der Waals surface area contributed by atoms with E-state index in [0.29, 0.717) is 17.9 Å². The number of nitrogens with zero attached hydrogens (tertiary/aromatic N) is 1. The first kappa shape index (κ1) is 13.7. The number of nitriles is 1. The van der Waals surface area contributed by atoms with Crippen LogP contribution in [0, 0.1) is 17.1 Å². The van der Waals surface area contributed by atoms with E-state index in [0.717, 1.165) is 11.8 Å². The number of hydrogen-bond acceptors (Lipinski definition) is 4. The molecule has 0 spiro atoms. The van der Waals surface area contributed by atoms with Gasteiger partial charge in [-0.15, -0.1) is 0 Å². The smallest absolute Gasteiger partial charge is 0.174 e. The minimum Gasteiger partial charge on any atom is -0.508 e. The van der Waals surface area contributed by atoms with Crippen LogP contribution >= 0.6 is 0 Å². The van der Waals surface area contributed by atoms with Gasteiger partial charge < -0.3 is 15.2 Å². The molecule has 0 aromatic heterocycles. The van der Waals surface area contributed by atoms with Gasteiger partial charge in [0.05, 0.1) is 0 Å². The monoisotopic (exact) mass is 272 g/mol. The quantitative estimate of drug-likeness (QED) is 0.878. The minimum absolute atomic E-state index is 0.00927. The van der Waals surface area contributed by atoms with Gasteiger partial charge in [0, 0.05) is 18.3 Å². The molecular formula is C15H13FN2O2. The van der Waals surface area contributed by atoms with Crippen LogP contribution in [-0.4, -0.2) is 11.7 Å². The van der Waals surface area contributed by atoms with Crippen LogP contribution in [0.15, 0.2) is 42.5 Å². The number of hydrogen-bond donors (Lipinski definition) is 2. The van der Waals surface area contributed by atoms with Crippen LogP contribution in [0.25, 0.3) is 0 Å². The summed E-state index contributed by atoms with van der Waals surface area (Å²) in [6.45, 7) is 0.402. The Morgan fingerprint density at radius 2 is 1.95 bits per heavy atom. The number of rotatable bonds is 5. The number of nitrogens with one attached hydrogen (secondary N) is 1. The van der Waals surface area contributed by atoms with Gasteiger partial charge in [-0.25, -0.2) is 4.39 Å². The van der Waals surface area contributed by atoms with Crippen molar-refractivity contribution in [3.05, 3.63) is 53.8 Å². The van der Waals surface area contributed by atoms with Crippen LogP contribution in [0.3, 0.4) is 0 Å². The largest absolute Gasteiger partial charge is 0.508 e. The number of ether oxygens (including phenoxy) is 1. The molecule has 0 aliphatic carbocycles. The van der Waals surface area contributed by atoms with Crippen molar-refractivity contribution in [1.82, 2.24) is 0 Å². The van der Waals surface area contributed by atoms with Crippen LogP contribution < -0.4 is 10.1 Å². The van der Waals surface area contributed by atoms with Crippen LogP contribution in [-0.2, 0) is 6.54 Å². The maximum absolute atomic E-state index is 13.1. The Kier molecular flexibility index (Phi) is 4.40. The second-order valence-corrected chi connectivity index (χ2v) is 4.14. The molecule has 102 valence electrons. The number of anilines is 1. The molecule has 0 aliphatic heterocycles. The Hall–Kier alpha value is -2.74. The molecule has 0 unspecified atom stereocenters. The van der Waals surface area contributed by atoms with Crippen molar-refractivity contribution in [2.24, 2.45) is 0 Å². The van der Waals surface area contributed by atoms with Crippen molar-refractivity contribution in [3.63, 3.8) is 0 Å². The average molecular weight is 272 g/mol. The topological polar surface area (TPSA) is 65.3 Å². The second kappa shape index (κ2) is 6.43. The van der Waals surface area contributed by atoms with E-state index in [-0.39, 0.29) is 12.4 Å². The molecule has 2 rings (SSSR count). The lowest BCUT2D eigenvalue weighted by Crippen LogP contribution is -2.00. The Morgan fingerprint density at radius 1 is 1.20 bits per heavy atom. The van der Waals surface area contributed by atoms with Gasteiger partial charge >= 0.3 is 0 Å². The molecule has 0 amide bonds. The SMILES string of the molecule is N#CCOc1ccc(NCc2cc(O)cc(F)c2)cc1. The van der Waals surface area contributed by atoms with Crippen molar-refractivity contribution < 1.29 is 14.2 Å². The molecular weight excluding hydrogens is 259 g/mol. The van der Waals surface area contributed by atoms with E-state index in [9.17, 15) is 9.50 Å². The highest BCUT2D eigenvalue weighted by Gasteiger charge is 2.00. The Bertz CT molecular complexity index is 601. The van der Waals surface area contributed by atoms with E-state index in [4.69, 9.17) is 10.00 Å². The number of aromatic hydroxyl groups is 1. The molecule has 0 radical (unpaired) electrons. The summed E-state index contributed by atoms with van der Waals surface area (Å²) < 4.78 is 18.2. The van der Waals surface area contributed by atoms with E-state index >= 15 is 0 Å². The van der Waals surface area contributed by atoms with Gasteiger partial charge in [-0.1, -0.05) is 0 Å². The van der Waals surface area contributed by atoms with Gasteiger partial charge in [0.1, 0.15) is 23.4 Å². The highest BCUT2D eigenvalue weighted by atomic mass is 19.1. The van der Waals surface area contributed by atoms with Crippen molar-refractivity contribution >= 4 is 5.69 Å². The predicted molar refractivity (Wildman–Crippen MR) is 72.9 cm³/mol. The molecule has 2 aromatic rings. The number of benzene rings is 2. The highest BCUT2D eigenvalue weighted by Crippen LogP contribution is 2.18. The summed E-state index contributed by atoms with van der Waals surface area (Å²) in [6, 6.07) is 12.9. The Balaban J connectivity index is 1.95. The summed E-state index contributed by atoms with van der Waals surface area (Å²) in [5.74, 6) is 0.0459. The van der Waals surface area contributed by atoms with Crippen LogP contribution in [0.5, 0.6) is 11.5 Å². The highest BCUT2D eigenvalue weighted by molar-refractivity contribution is 5.47. The van der Waals surface area contributed by atoms with E-state index in [1.807, 2.05) is 6.07 Å². The maximum Gasteiger partial charge on any atom is 0.174 e. The fourth-order valence-electron chi connectivity index (χ4n) is 1.72. The van der Waals surface area contributed by atoms with Gasteiger partial charge in [0.15, 0.2) is 6.61 Å².